The highest BCUT2D eigenvalue weighted by atomic mass is 79.9. The lowest BCUT2D eigenvalue weighted by molar-refractivity contribution is 0.131. The van der Waals surface area contributed by atoms with E-state index in [0.29, 0.717) is 0 Å². The van der Waals surface area contributed by atoms with Crippen molar-refractivity contribution in [1.29, 1.82) is 0 Å². The van der Waals surface area contributed by atoms with Gasteiger partial charge in [0.05, 0.1) is 6.04 Å². The SMILES string of the molecule is CCC1NC(=O)OC1c1ccc(Br)cc1. The van der Waals surface area contributed by atoms with Gasteiger partial charge in [0.15, 0.2) is 0 Å². The standard InChI is InChI=1S/C11H12BrNO2/c1-2-9-10(15-11(14)13-9)7-3-5-8(12)6-4-7/h3-6,9-10H,2H2,1H3,(H,13,14). The molecule has 0 aromatic heterocycles. The Morgan fingerprint density at radius 3 is 2.67 bits per heavy atom. The molecule has 1 saturated heterocycles. The molecule has 4 heteroatoms. The summed E-state index contributed by atoms with van der Waals surface area (Å²) in [5.74, 6) is 0. The number of rotatable bonds is 2. The minimum atomic E-state index is -0.324. The van der Waals surface area contributed by atoms with Crippen LogP contribution in [-0.2, 0) is 4.74 Å². The molecule has 2 rings (SSSR count). The predicted molar refractivity (Wildman–Crippen MR) is 60.6 cm³/mol. The number of cyclic esters (lactones) is 1. The van der Waals surface area contributed by atoms with Crippen molar-refractivity contribution in [3.8, 4) is 0 Å². The molecule has 2 atom stereocenters. The van der Waals surface area contributed by atoms with Gasteiger partial charge in [-0.25, -0.2) is 4.79 Å². The molecule has 0 spiro atoms. The fourth-order valence-electron chi connectivity index (χ4n) is 1.73. The van der Waals surface area contributed by atoms with Crippen LogP contribution >= 0.6 is 15.9 Å². The highest BCUT2D eigenvalue weighted by Gasteiger charge is 2.33. The van der Waals surface area contributed by atoms with Gasteiger partial charge in [0.2, 0.25) is 0 Å². The van der Waals surface area contributed by atoms with Gasteiger partial charge in [-0.3, -0.25) is 0 Å². The van der Waals surface area contributed by atoms with Gasteiger partial charge >= 0.3 is 6.09 Å². The highest BCUT2D eigenvalue weighted by Crippen LogP contribution is 2.28. The summed E-state index contributed by atoms with van der Waals surface area (Å²) in [6.07, 6.45) is 0.386. The summed E-state index contributed by atoms with van der Waals surface area (Å²) < 4.78 is 6.25. The molecule has 80 valence electrons. The van der Waals surface area contributed by atoms with E-state index in [9.17, 15) is 4.79 Å². The number of hydrogen-bond donors (Lipinski definition) is 1. The number of alkyl carbamates (subject to hydrolysis) is 1. The minimum absolute atomic E-state index is 0.0821. The molecule has 1 aliphatic heterocycles. The van der Waals surface area contributed by atoms with Crippen LogP contribution in [0.1, 0.15) is 25.0 Å². The van der Waals surface area contributed by atoms with E-state index in [-0.39, 0.29) is 18.2 Å². The predicted octanol–water partition coefficient (Wildman–Crippen LogP) is 3.01. The van der Waals surface area contributed by atoms with Gasteiger partial charge in [-0.05, 0) is 24.1 Å². The van der Waals surface area contributed by atoms with Crippen molar-refractivity contribution >= 4 is 22.0 Å². The molecule has 0 radical (unpaired) electrons. The van der Waals surface area contributed by atoms with E-state index in [1.54, 1.807) is 0 Å². The quantitative estimate of drug-likeness (QED) is 0.897. The van der Waals surface area contributed by atoms with Crippen LogP contribution in [0.5, 0.6) is 0 Å². The largest absolute Gasteiger partial charge is 0.439 e. The first kappa shape index (κ1) is 10.5. The number of carbonyl (C=O) groups excluding carboxylic acids is 1. The highest BCUT2D eigenvalue weighted by molar-refractivity contribution is 9.10. The smallest absolute Gasteiger partial charge is 0.408 e. The fourth-order valence-corrected chi connectivity index (χ4v) is 1.99. The van der Waals surface area contributed by atoms with Crippen LogP contribution in [0, 0.1) is 0 Å². The molecule has 0 saturated carbocycles. The number of nitrogens with one attached hydrogen (secondary N) is 1. The van der Waals surface area contributed by atoms with E-state index in [0.717, 1.165) is 16.5 Å². The molecule has 2 unspecified atom stereocenters. The van der Waals surface area contributed by atoms with Crippen LogP contribution < -0.4 is 5.32 Å². The van der Waals surface area contributed by atoms with Crippen molar-refractivity contribution in [3.05, 3.63) is 34.3 Å². The van der Waals surface area contributed by atoms with E-state index in [1.807, 2.05) is 31.2 Å². The average molecular weight is 270 g/mol. The summed E-state index contributed by atoms with van der Waals surface area (Å²) in [7, 11) is 0. The fraction of sp³-hybridized carbons (Fsp3) is 0.364. The van der Waals surface area contributed by atoms with Gasteiger partial charge in [-0.15, -0.1) is 0 Å². The summed E-state index contributed by atoms with van der Waals surface area (Å²) in [5, 5.41) is 2.79. The Hall–Kier alpha value is -1.03. The second-order valence-electron chi connectivity index (χ2n) is 3.54. The van der Waals surface area contributed by atoms with Gasteiger partial charge < -0.3 is 10.1 Å². The molecule has 3 nitrogen and oxygen atoms in total. The number of benzene rings is 1. The maximum absolute atomic E-state index is 11.1. The minimum Gasteiger partial charge on any atom is -0.439 e. The zero-order valence-electron chi connectivity index (χ0n) is 8.37. The Balaban J connectivity index is 2.22. The van der Waals surface area contributed by atoms with Crippen molar-refractivity contribution in [2.24, 2.45) is 0 Å². The molecule has 15 heavy (non-hydrogen) atoms. The van der Waals surface area contributed by atoms with Crippen molar-refractivity contribution < 1.29 is 9.53 Å². The summed E-state index contributed by atoms with van der Waals surface area (Å²) in [6, 6.07) is 7.93. The monoisotopic (exact) mass is 269 g/mol. The Labute approximate surface area is 96.9 Å². The summed E-state index contributed by atoms with van der Waals surface area (Å²) >= 11 is 3.37. The summed E-state index contributed by atoms with van der Waals surface area (Å²) in [6.45, 7) is 2.03. The van der Waals surface area contributed by atoms with Crippen molar-refractivity contribution in [2.75, 3.05) is 0 Å². The van der Waals surface area contributed by atoms with Crippen LogP contribution in [0.3, 0.4) is 0 Å². The van der Waals surface area contributed by atoms with Gasteiger partial charge in [0.25, 0.3) is 0 Å². The number of ether oxygens (including phenoxy) is 1. The number of amides is 1. The third kappa shape index (κ3) is 2.15. The van der Waals surface area contributed by atoms with Gasteiger partial charge in [0.1, 0.15) is 6.10 Å². The normalized spacial score (nSPS) is 24.8. The molecular formula is C11H12BrNO2. The molecule has 1 amide bonds. The topological polar surface area (TPSA) is 38.3 Å². The van der Waals surface area contributed by atoms with E-state index in [1.165, 1.54) is 0 Å². The molecule has 1 heterocycles. The molecule has 1 fully saturated rings. The Morgan fingerprint density at radius 1 is 1.40 bits per heavy atom. The number of halogens is 1. The van der Waals surface area contributed by atoms with Crippen molar-refractivity contribution in [1.82, 2.24) is 5.32 Å². The lowest BCUT2D eigenvalue weighted by Crippen LogP contribution is -2.26. The van der Waals surface area contributed by atoms with Gasteiger partial charge in [-0.1, -0.05) is 35.0 Å². The molecule has 1 aliphatic rings. The molecule has 0 aliphatic carbocycles. The summed E-state index contributed by atoms with van der Waals surface area (Å²) in [4.78, 5) is 11.1. The number of carbonyl (C=O) groups is 1. The molecule has 1 aromatic carbocycles. The maximum Gasteiger partial charge on any atom is 0.408 e. The number of hydrogen-bond acceptors (Lipinski definition) is 2. The lowest BCUT2D eigenvalue weighted by atomic mass is 10.0. The van der Waals surface area contributed by atoms with Crippen molar-refractivity contribution in [2.45, 2.75) is 25.5 Å². The zero-order chi connectivity index (χ0) is 10.8. The molecule has 1 N–H and O–H groups in total. The third-order valence-corrected chi connectivity index (χ3v) is 3.07. The van der Waals surface area contributed by atoms with Crippen LogP contribution in [0.15, 0.2) is 28.7 Å². The van der Waals surface area contributed by atoms with Gasteiger partial charge in [0, 0.05) is 4.47 Å². The second kappa shape index (κ2) is 4.23. The zero-order valence-corrected chi connectivity index (χ0v) is 9.95. The first-order valence-electron chi connectivity index (χ1n) is 4.93. The molecule has 0 bridgehead atoms. The Bertz CT molecular complexity index is 363. The molecular weight excluding hydrogens is 258 g/mol. The first-order valence-corrected chi connectivity index (χ1v) is 5.72. The Kier molecular flexibility index (Phi) is 2.95. The van der Waals surface area contributed by atoms with Crippen LogP contribution in [-0.4, -0.2) is 12.1 Å². The second-order valence-corrected chi connectivity index (χ2v) is 4.45. The van der Waals surface area contributed by atoms with Crippen LogP contribution in [0.4, 0.5) is 4.79 Å². The third-order valence-electron chi connectivity index (χ3n) is 2.54. The maximum atomic E-state index is 11.1. The van der Waals surface area contributed by atoms with Crippen LogP contribution in [0.2, 0.25) is 0 Å². The lowest BCUT2D eigenvalue weighted by Gasteiger charge is -2.15. The summed E-state index contributed by atoms with van der Waals surface area (Å²) in [5.41, 5.74) is 1.03. The van der Waals surface area contributed by atoms with E-state index < -0.39 is 0 Å². The van der Waals surface area contributed by atoms with Crippen molar-refractivity contribution in [3.63, 3.8) is 0 Å². The Morgan fingerprint density at radius 2 is 2.07 bits per heavy atom. The van der Waals surface area contributed by atoms with E-state index >= 15 is 0 Å². The average Bonchev–Trinajstić information content (AvgIpc) is 2.61. The van der Waals surface area contributed by atoms with E-state index in [4.69, 9.17) is 4.74 Å². The first-order chi connectivity index (χ1) is 7.20. The van der Waals surface area contributed by atoms with Crippen LogP contribution in [0.25, 0.3) is 0 Å². The van der Waals surface area contributed by atoms with E-state index in [2.05, 4.69) is 21.2 Å². The van der Waals surface area contributed by atoms with Gasteiger partial charge in [-0.2, -0.15) is 0 Å². The molecule has 1 aromatic rings.